The molecule has 3 heteroatoms. The summed E-state index contributed by atoms with van der Waals surface area (Å²) in [7, 11) is 0. The second-order valence-corrected chi connectivity index (χ2v) is 3.23. The van der Waals surface area contributed by atoms with E-state index >= 15 is 0 Å². The molecule has 60 valence electrons. The molecule has 0 radical (unpaired) electrons. The van der Waals surface area contributed by atoms with Gasteiger partial charge in [0.05, 0.1) is 5.54 Å². The molecule has 0 aliphatic carbocycles. The van der Waals surface area contributed by atoms with Gasteiger partial charge in [0.15, 0.2) is 0 Å². The Kier molecular flexibility index (Phi) is 1.89. The van der Waals surface area contributed by atoms with Crippen molar-refractivity contribution in [1.29, 1.82) is 0 Å². The summed E-state index contributed by atoms with van der Waals surface area (Å²) in [5.41, 5.74) is -0.203. The van der Waals surface area contributed by atoms with Crippen LogP contribution in [0.25, 0.3) is 0 Å². The van der Waals surface area contributed by atoms with Gasteiger partial charge >= 0.3 is 0 Å². The van der Waals surface area contributed by atoms with Crippen LogP contribution in [-0.4, -0.2) is 23.4 Å². The van der Waals surface area contributed by atoms with E-state index in [1.54, 1.807) is 0 Å². The van der Waals surface area contributed by atoms with E-state index in [-0.39, 0.29) is 5.54 Å². The van der Waals surface area contributed by atoms with E-state index in [9.17, 15) is 0 Å². The van der Waals surface area contributed by atoms with Gasteiger partial charge in [-0.2, -0.15) is 0 Å². The van der Waals surface area contributed by atoms with Crippen molar-refractivity contribution in [2.45, 2.75) is 33.2 Å². The first-order valence-corrected chi connectivity index (χ1v) is 3.66. The summed E-state index contributed by atoms with van der Waals surface area (Å²) in [5, 5.41) is 0. The maximum atomic E-state index is 4.34. The first kappa shape index (κ1) is 8.11. The largest absolute Gasteiger partial charge is 0.259 e. The van der Waals surface area contributed by atoms with Gasteiger partial charge in [0.25, 0.3) is 0 Å². The van der Waals surface area contributed by atoms with Crippen LogP contribution in [0, 0.1) is 0 Å². The van der Waals surface area contributed by atoms with Gasteiger partial charge in [-0.3, -0.25) is 4.99 Å². The normalized spacial score (nSPS) is 22.2. The molecule has 1 aliphatic heterocycles. The fourth-order valence-corrected chi connectivity index (χ4v) is 0.985. The van der Waals surface area contributed by atoms with Crippen molar-refractivity contribution in [1.82, 2.24) is 0 Å². The lowest BCUT2D eigenvalue weighted by Crippen LogP contribution is -2.19. The predicted octanol–water partition coefficient (Wildman–Crippen LogP) is 1.69. The molecule has 11 heavy (non-hydrogen) atoms. The Hall–Kier alpha value is -0.990. The minimum atomic E-state index is -0.203. The second-order valence-electron chi connectivity index (χ2n) is 3.23. The van der Waals surface area contributed by atoms with E-state index in [4.69, 9.17) is 0 Å². The Balaban J connectivity index is 3.02. The minimum Gasteiger partial charge on any atom is -0.259 e. The molecule has 0 amide bonds. The molecule has 0 aromatic carbocycles. The zero-order valence-electron chi connectivity index (χ0n) is 7.42. The van der Waals surface area contributed by atoms with Crippen molar-refractivity contribution in [3.05, 3.63) is 0 Å². The molecule has 0 N–H and O–H groups in total. The van der Waals surface area contributed by atoms with Crippen molar-refractivity contribution in [2.75, 3.05) is 0 Å². The third-order valence-electron chi connectivity index (χ3n) is 1.34. The van der Waals surface area contributed by atoms with E-state index in [2.05, 4.69) is 15.0 Å². The molecule has 0 bridgehead atoms. The Morgan fingerprint density at radius 2 is 1.82 bits per heavy atom. The molecule has 0 fully saturated rings. The van der Waals surface area contributed by atoms with Crippen LogP contribution in [0.4, 0.5) is 0 Å². The van der Waals surface area contributed by atoms with Crippen molar-refractivity contribution in [2.24, 2.45) is 15.0 Å². The summed E-state index contributed by atoms with van der Waals surface area (Å²) in [6.07, 6.45) is 1.82. The van der Waals surface area contributed by atoms with Crippen LogP contribution in [0.15, 0.2) is 15.0 Å². The van der Waals surface area contributed by atoms with Gasteiger partial charge < -0.3 is 0 Å². The van der Waals surface area contributed by atoms with Gasteiger partial charge in [-0.25, -0.2) is 9.98 Å². The summed E-state index contributed by atoms with van der Waals surface area (Å²) in [6, 6.07) is 0. The number of hydrogen-bond donors (Lipinski definition) is 0. The van der Waals surface area contributed by atoms with Crippen LogP contribution in [0.1, 0.15) is 27.7 Å². The molecule has 0 atom stereocenters. The number of amidine groups is 2. The van der Waals surface area contributed by atoms with E-state index in [0.29, 0.717) is 0 Å². The summed E-state index contributed by atoms with van der Waals surface area (Å²) in [6.45, 7) is 7.78. The molecule has 3 nitrogen and oxygen atoms in total. The monoisotopic (exact) mass is 151 g/mol. The predicted molar refractivity (Wildman–Crippen MR) is 48.8 cm³/mol. The second kappa shape index (κ2) is 2.57. The van der Waals surface area contributed by atoms with Gasteiger partial charge in [-0.1, -0.05) is 0 Å². The smallest absolute Gasteiger partial charge is 0.127 e. The number of nitrogens with zero attached hydrogens (tertiary/aromatic N) is 3. The summed E-state index contributed by atoms with van der Waals surface area (Å²) < 4.78 is 0. The molecule has 1 heterocycles. The lowest BCUT2D eigenvalue weighted by Gasteiger charge is -2.10. The molecule has 1 aliphatic rings. The van der Waals surface area contributed by atoms with Crippen LogP contribution in [0.3, 0.4) is 0 Å². The Bertz CT molecular complexity index is 246. The van der Waals surface area contributed by atoms with E-state index in [0.717, 1.165) is 11.7 Å². The third kappa shape index (κ3) is 2.26. The van der Waals surface area contributed by atoms with Crippen LogP contribution in [-0.2, 0) is 0 Å². The van der Waals surface area contributed by atoms with Gasteiger partial charge in [0, 0.05) is 6.21 Å². The van der Waals surface area contributed by atoms with Gasteiger partial charge in [0.2, 0.25) is 0 Å². The Morgan fingerprint density at radius 1 is 1.18 bits per heavy atom. The SMILES string of the molecule is CC1=NC(C)=NC(C)(C)C=N1. The number of aliphatic imine (C=N–C) groups is 3. The molecule has 0 aromatic rings. The maximum absolute atomic E-state index is 4.34. The van der Waals surface area contributed by atoms with E-state index in [1.165, 1.54) is 0 Å². The first-order chi connectivity index (χ1) is 4.99. The van der Waals surface area contributed by atoms with E-state index in [1.807, 2.05) is 33.9 Å². The van der Waals surface area contributed by atoms with Crippen molar-refractivity contribution in [3.8, 4) is 0 Å². The molecule has 0 aromatic heterocycles. The van der Waals surface area contributed by atoms with Crippen LogP contribution < -0.4 is 0 Å². The minimum absolute atomic E-state index is 0.203. The van der Waals surface area contributed by atoms with Gasteiger partial charge in [0.1, 0.15) is 11.7 Å². The highest BCUT2D eigenvalue weighted by atomic mass is 15.0. The lowest BCUT2D eigenvalue weighted by atomic mass is 10.1. The van der Waals surface area contributed by atoms with Crippen LogP contribution >= 0.6 is 0 Å². The summed E-state index contributed by atoms with van der Waals surface area (Å²) in [4.78, 5) is 12.6. The zero-order chi connectivity index (χ0) is 8.48. The molecule has 0 spiro atoms. The van der Waals surface area contributed by atoms with Crippen LogP contribution in [0.5, 0.6) is 0 Å². The topological polar surface area (TPSA) is 37.1 Å². The molecular weight excluding hydrogens is 138 g/mol. The molecule has 0 saturated carbocycles. The molecular formula is C8H13N3. The average Bonchev–Trinajstić information content (AvgIpc) is 1.90. The zero-order valence-corrected chi connectivity index (χ0v) is 7.42. The summed E-state index contributed by atoms with van der Waals surface area (Å²) in [5.74, 6) is 1.57. The van der Waals surface area contributed by atoms with Gasteiger partial charge in [-0.15, -0.1) is 0 Å². The average molecular weight is 151 g/mol. The standard InChI is InChI=1S/C8H13N3/c1-6-9-5-8(3,4)11-7(2)10-6/h5H,1-4H3. The third-order valence-corrected chi connectivity index (χ3v) is 1.34. The maximum Gasteiger partial charge on any atom is 0.127 e. The molecule has 1 rings (SSSR count). The van der Waals surface area contributed by atoms with Crippen molar-refractivity contribution < 1.29 is 0 Å². The highest BCUT2D eigenvalue weighted by Crippen LogP contribution is 2.09. The highest BCUT2D eigenvalue weighted by Gasteiger charge is 2.14. The van der Waals surface area contributed by atoms with Crippen molar-refractivity contribution in [3.63, 3.8) is 0 Å². The number of rotatable bonds is 0. The molecule has 0 saturated heterocycles. The number of hydrogen-bond acceptors (Lipinski definition) is 3. The highest BCUT2D eigenvalue weighted by molar-refractivity contribution is 6.01. The van der Waals surface area contributed by atoms with E-state index < -0.39 is 0 Å². The van der Waals surface area contributed by atoms with Gasteiger partial charge in [-0.05, 0) is 27.7 Å². The quantitative estimate of drug-likeness (QED) is 0.505. The summed E-state index contributed by atoms with van der Waals surface area (Å²) >= 11 is 0. The Morgan fingerprint density at radius 3 is 2.45 bits per heavy atom. The fourth-order valence-electron chi connectivity index (χ4n) is 0.985. The van der Waals surface area contributed by atoms with Crippen molar-refractivity contribution >= 4 is 17.9 Å². The first-order valence-electron chi connectivity index (χ1n) is 3.66. The van der Waals surface area contributed by atoms with Crippen LogP contribution in [0.2, 0.25) is 0 Å². The fraction of sp³-hybridized carbons (Fsp3) is 0.625. The Labute approximate surface area is 67.0 Å². The lowest BCUT2D eigenvalue weighted by molar-refractivity contribution is 0.718. The molecule has 0 unspecified atom stereocenters.